The number of nitrogens with zero attached hydrogens (tertiary/aromatic N) is 2. The maximum Gasteiger partial charge on any atom is 0.328 e. The maximum atomic E-state index is 12.4. The molecule has 0 unspecified atom stereocenters. The normalized spacial score (nSPS) is 10.7. The van der Waals surface area contributed by atoms with E-state index in [9.17, 15) is 14.4 Å². The van der Waals surface area contributed by atoms with Gasteiger partial charge in [0.05, 0.1) is 11.0 Å². The fraction of sp³-hybridized carbons (Fsp3) is 0.167. The zero-order valence-electron chi connectivity index (χ0n) is 14.2. The number of aromatic nitrogens is 2. The number of imidazole rings is 1. The lowest BCUT2D eigenvalue weighted by atomic mass is 10.1. The van der Waals surface area contributed by atoms with Gasteiger partial charge in [0.1, 0.15) is 0 Å². The van der Waals surface area contributed by atoms with Crippen LogP contribution in [0.1, 0.15) is 17.3 Å². The first kappa shape index (κ1) is 16.5. The molecule has 2 N–H and O–H groups in total. The molecule has 128 valence electrons. The Morgan fingerprint density at radius 1 is 0.840 bits per heavy atom. The summed E-state index contributed by atoms with van der Waals surface area (Å²) in [7, 11) is 3.37. The molecular weight excluding hydrogens is 320 g/mol. The van der Waals surface area contributed by atoms with Gasteiger partial charge in [0, 0.05) is 38.0 Å². The van der Waals surface area contributed by atoms with Gasteiger partial charge in [-0.15, -0.1) is 0 Å². The van der Waals surface area contributed by atoms with Crippen LogP contribution in [0.5, 0.6) is 0 Å². The van der Waals surface area contributed by atoms with Crippen molar-refractivity contribution >= 4 is 34.2 Å². The molecule has 3 aromatic rings. The molecule has 2 amide bonds. The molecule has 0 saturated heterocycles. The molecule has 2 aromatic carbocycles. The van der Waals surface area contributed by atoms with Crippen LogP contribution in [0.4, 0.5) is 11.4 Å². The van der Waals surface area contributed by atoms with Gasteiger partial charge in [-0.3, -0.25) is 18.7 Å². The minimum absolute atomic E-state index is 0.138. The Hall–Kier alpha value is -3.35. The first-order valence-electron chi connectivity index (χ1n) is 7.71. The Bertz CT molecular complexity index is 1030. The van der Waals surface area contributed by atoms with Crippen molar-refractivity contribution in [1.82, 2.24) is 9.13 Å². The summed E-state index contributed by atoms with van der Waals surface area (Å²) in [5.41, 5.74) is 3.05. The molecule has 0 aliphatic heterocycles. The Morgan fingerprint density at radius 3 is 2.00 bits per heavy atom. The number of hydrogen-bond donors (Lipinski definition) is 2. The molecule has 0 radical (unpaired) electrons. The molecule has 0 bridgehead atoms. The Balaban J connectivity index is 1.83. The third-order valence-electron chi connectivity index (χ3n) is 4.00. The van der Waals surface area contributed by atoms with E-state index in [2.05, 4.69) is 10.6 Å². The number of carbonyl (C=O) groups is 2. The predicted molar refractivity (Wildman–Crippen MR) is 96.9 cm³/mol. The highest BCUT2D eigenvalue weighted by atomic mass is 16.2. The molecule has 0 saturated carbocycles. The molecule has 25 heavy (non-hydrogen) atoms. The first-order valence-corrected chi connectivity index (χ1v) is 7.71. The monoisotopic (exact) mass is 338 g/mol. The number of anilines is 2. The van der Waals surface area contributed by atoms with Crippen molar-refractivity contribution in [3.05, 3.63) is 58.5 Å². The lowest BCUT2D eigenvalue weighted by molar-refractivity contribution is -0.114. The van der Waals surface area contributed by atoms with Gasteiger partial charge in [0.25, 0.3) is 5.91 Å². The highest BCUT2D eigenvalue weighted by molar-refractivity contribution is 6.06. The first-order chi connectivity index (χ1) is 11.9. The van der Waals surface area contributed by atoms with E-state index in [1.54, 1.807) is 56.6 Å². The minimum atomic E-state index is -0.273. The SMILES string of the molecule is CC(=O)Nc1ccc(NC(=O)c2ccc3c(c2)n(C)c(=O)n3C)cc1. The molecule has 1 aromatic heterocycles. The van der Waals surface area contributed by atoms with Crippen LogP contribution in [0.3, 0.4) is 0 Å². The number of benzene rings is 2. The maximum absolute atomic E-state index is 12.4. The van der Waals surface area contributed by atoms with E-state index in [-0.39, 0.29) is 17.5 Å². The molecule has 1 heterocycles. The second kappa shape index (κ2) is 6.27. The number of nitrogens with one attached hydrogen (secondary N) is 2. The topological polar surface area (TPSA) is 85.1 Å². The van der Waals surface area contributed by atoms with Crippen molar-refractivity contribution in [2.75, 3.05) is 10.6 Å². The summed E-state index contributed by atoms with van der Waals surface area (Å²) in [5.74, 6) is -0.427. The van der Waals surface area contributed by atoms with Crippen molar-refractivity contribution < 1.29 is 9.59 Å². The van der Waals surface area contributed by atoms with E-state index in [1.807, 2.05) is 0 Å². The number of amides is 2. The van der Waals surface area contributed by atoms with E-state index < -0.39 is 0 Å². The lowest BCUT2D eigenvalue weighted by Crippen LogP contribution is -2.19. The Kier molecular flexibility index (Phi) is 4.14. The van der Waals surface area contributed by atoms with Crippen molar-refractivity contribution in [1.29, 1.82) is 0 Å². The third-order valence-corrected chi connectivity index (χ3v) is 4.00. The van der Waals surface area contributed by atoms with Gasteiger partial charge in [-0.2, -0.15) is 0 Å². The Morgan fingerprint density at radius 2 is 1.40 bits per heavy atom. The van der Waals surface area contributed by atoms with Crippen LogP contribution < -0.4 is 16.3 Å². The number of carbonyl (C=O) groups excluding carboxylic acids is 2. The third kappa shape index (κ3) is 3.16. The van der Waals surface area contributed by atoms with Crippen molar-refractivity contribution in [3.8, 4) is 0 Å². The van der Waals surface area contributed by atoms with Crippen LogP contribution in [0, 0.1) is 0 Å². The summed E-state index contributed by atoms with van der Waals surface area (Å²) >= 11 is 0. The molecule has 0 aliphatic carbocycles. The van der Waals surface area contributed by atoms with Gasteiger partial charge < -0.3 is 10.6 Å². The van der Waals surface area contributed by atoms with Crippen LogP contribution in [-0.2, 0) is 18.9 Å². The fourth-order valence-electron chi connectivity index (χ4n) is 2.69. The second-order valence-electron chi connectivity index (χ2n) is 5.82. The second-order valence-corrected chi connectivity index (χ2v) is 5.82. The highest BCUT2D eigenvalue weighted by Crippen LogP contribution is 2.17. The molecule has 7 heteroatoms. The van der Waals surface area contributed by atoms with Crippen LogP contribution in [-0.4, -0.2) is 20.9 Å². The van der Waals surface area contributed by atoms with Crippen LogP contribution >= 0.6 is 0 Å². The highest BCUT2D eigenvalue weighted by Gasteiger charge is 2.12. The van der Waals surface area contributed by atoms with Crippen LogP contribution in [0.25, 0.3) is 11.0 Å². The van der Waals surface area contributed by atoms with Crippen molar-refractivity contribution in [3.63, 3.8) is 0 Å². The van der Waals surface area contributed by atoms with Gasteiger partial charge >= 0.3 is 5.69 Å². The Labute approximate surface area is 143 Å². The summed E-state index contributed by atoms with van der Waals surface area (Å²) in [6.07, 6.45) is 0. The van der Waals surface area contributed by atoms with Crippen LogP contribution in [0.2, 0.25) is 0 Å². The van der Waals surface area contributed by atoms with E-state index in [0.29, 0.717) is 22.5 Å². The van der Waals surface area contributed by atoms with Crippen LogP contribution in [0.15, 0.2) is 47.3 Å². The fourth-order valence-corrected chi connectivity index (χ4v) is 2.69. The van der Waals surface area contributed by atoms with Crippen molar-refractivity contribution in [2.24, 2.45) is 14.1 Å². The average molecular weight is 338 g/mol. The van der Waals surface area contributed by atoms with E-state index in [4.69, 9.17) is 0 Å². The summed E-state index contributed by atoms with van der Waals surface area (Å²) in [4.78, 5) is 35.4. The molecule has 0 spiro atoms. The largest absolute Gasteiger partial charge is 0.328 e. The number of rotatable bonds is 3. The molecular formula is C18H18N4O3. The van der Waals surface area contributed by atoms with Gasteiger partial charge in [0.2, 0.25) is 5.91 Å². The summed E-state index contributed by atoms with van der Waals surface area (Å²) in [5, 5.41) is 5.46. The molecule has 3 rings (SSSR count). The summed E-state index contributed by atoms with van der Waals surface area (Å²) in [6.45, 7) is 1.43. The predicted octanol–water partition coefficient (Wildman–Crippen LogP) is 2.09. The van der Waals surface area contributed by atoms with E-state index in [1.165, 1.54) is 16.1 Å². The smallest absolute Gasteiger partial charge is 0.326 e. The number of fused-ring (bicyclic) bond motifs is 1. The lowest BCUT2D eigenvalue weighted by Gasteiger charge is -2.07. The standard InChI is InChI=1S/C18H18N4O3/c1-11(23)19-13-5-7-14(8-6-13)20-17(24)12-4-9-15-16(10-12)22(3)18(25)21(15)2/h4-10H,1-3H3,(H,19,23)(H,20,24). The molecule has 0 aliphatic rings. The quantitative estimate of drug-likeness (QED) is 0.767. The summed E-state index contributed by atoms with van der Waals surface area (Å²) < 4.78 is 3.05. The summed E-state index contributed by atoms with van der Waals surface area (Å²) in [6, 6.07) is 12.0. The van der Waals surface area contributed by atoms with Crippen molar-refractivity contribution in [2.45, 2.75) is 6.92 Å². The zero-order valence-corrected chi connectivity index (χ0v) is 14.2. The number of aryl methyl sites for hydroxylation is 2. The zero-order chi connectivity index (χ0) is 18.1. The average Bonchev–Trinajstić information content (AvgIpc) is 2.80. The number of hydrogen-bond acceptors (Lipinski definition) is 3. The van der Waals surface area contributed by atoms with E-state index in [0.717, 1.165) is 5.52 Å². The van der Waals surface area contributed by atoms with E-state index >= 15 is 0 Å². The molecule has 0 fully saturated rings. The minimum Gasteiger partial charge on any atom is -0.326 e. The van der Waals surface area contributed by atoms with Gasteiger partial charge in [0.15, 0.2) is 0 Å². The van der Waals surface area contributed by atoms with Gasteiger partial charge in [-0.05, 0) is 42.5 Å². The van der Waals surface area contributed by atoms with Gasteiger partial charge in [-0.1, -0.05) is 0 Å². The molecule has 7 nitrogen and oxygen atoms in total. The van der Waals surface area contributed by atoms with Gasteiger partial charge in [-0.25, -0.2) is 4.79 Å². The molecule has 0 atom stereocenters.